The minimum atomic E-state index is -0.791. The summed E-state index contributed by atoms with van der Waals surface area (Å²) in [6, 6.07) is 10.2. The lowest BCUT2D eigenvalue weighted by Gasteiger charge is -2.36. The van der Waals surface area contributed by atoms with Crippen molar-refractivity contribution in [3.05, 3.63) is 36.0 Å². The molecule has 0 radical (unpaired) electrons. The van der Waals surface area contributed by atoms with E-state index in [-0.39, 0.29) is 18.4 Å². The smallest absolute Gasteiger partial charge is 0.303 e. The third kappa shape index (κ3) is 3.45. The van der Waals surface area contributed by atoms with Gasteiger partial charge in [-0.1, -0.05) is 18.2 Å². The molecule has 0 aliphatic carbocycles. The van der Waals surface area contributed by atoms with Crippen LogP contribution < -0.4 is 0 Å². The number of para-hydroxylation sites is 1. The highest BCUT2D eigenvalue weighted by Gasteiger charge is 2.27. The van der Waals surface area contributed by atoms with Gasteiger partial charge in [0.05, 0.1) is 0 Å². The molecule has 128 valence electrons. The number of benzene rings is 1. The number of amides is 1. The van der Waals surface area contributed by atoms with Gasteiger partial charge in [-0.15, -0.1) is 0 Å². The Bertz CT molecular complexity index is 750. The second-order valence-electron chi connectivity index (χ2n) is 6.60. The first-order chi connectivity index (χ1) is 11.6. The van der Waals surface area contributed by atoms with Crippen LogP contribution in [0, 0.1) is 6.92 Å². The number of hydrogen-bond donors (Lipinski definition) is 1. The van der Waals surface area contributed by atoms with Crippen LogP contribution in [0.1, 0.15) is 37.8 Å². The monoisotopic (exact) mass is 328 g/mol. The first-order valence-corrected chi connectivity index (χ1v) is 8.62. The number of rotatable bonds is 5. The number of carboxylic acid groups (broad SMARTS) is 1. The maximum Gasteiger partial charge on any atom is 0.303 e. The molecule has 24 heavy (non-hydrogen) atoms. The van der Waals surface area contributed by atoms with Crippen molar-refractivity contribution in [2.24, 2.45) is 0 Å². The van der Waals surface area contributed by atoms with E-state index in [1.807, 2.05) is 30.0 Å². The van der Waals surface area contributed by atoms with Crippen molar-refractivity contribution >= 4 is 22.8 Å². The summed E-state index contributed by atoms with van der Waals surface area (Å²) < 4.78 is 2.06. The van der Waals surface area contributed by atoms with Crippen LogP contribution in [0.4, 0.5) is 0 Å². The highest BCUT2D eigenvalue weighted by atomic mass is 16.4. The van der Waals surface area contributed by atoms with Crippen LogP contribution in [0.3, 0.4) is 0 Å². The van der Waals surface area contributed by atoms with Crippen LogP contribution in [0.5, 0.6) is 0 Å². The zero-order valence-corrected chi connectivity index (χ0v) is 14.1. The fourth-order valence-corrected chi connectivity index (χ4v) is 3.70. The molecule has 1 aliphatic rings. The average molecular weight is 328 g/mol. The number of nitrogens with zero attached hydrogens (tertiary/aromatic N) is 2. The van der Waals surface area contributed by atoms with Crippen LogP contribution in [-0.4, -0.2) is 39.0 Å². The molecule has 0 bridgehead atoms. The molecule has 1 amide bonds. The molecule has 1 aromatic carbocycles. The first kappa shape index (κ1) is 16.6. The highest BCUT2D eigenvalue weighted by molar-refractivity contribution is 5.84. The molecule has 1 fully saturated rings. The predicted molar refractivity (Wildman–Crippen MR) is 92.9 cm³/mol. The van der Waals surface area contributed by atoms with Gasteiger partial charge in [0.1, 0.15) is 6.54 Å². The largest absolute Gasteiger partial charge is 0.481 e. The van der Waals surface area contributed by atoms with E-state index < -0.39 is 5.97 Å². The number of carbonyl (C=O) groups excluding carboxylic acids is 1. The normalized spacial score (nSPS) is 18.0. The summed E-state index contributed by atoms with van der Waals surface area (Å²) in [6.07, 6.45) is 3.65. The van der Waals surface area contributed by atoms with Crippen molar-refractivity contribution in [3.63, 3.8) is 0 Å². The van der Waals surface area contributed by atoms with Gasteiger partial charge < -0.3 is 14.6 Å². The van der Waals surface area contributed by atoms with Gasteiger partial charge in [0.15, 0.2) is 0 Å². The second-order valence-corrected chi connectivity index (χ2v) is 6.60. The molecule has 0 saturated carbocycles. The fourth-order valence-electron chi connectivity index (χ4n) is 3.70. The lowest BCUT2D eigenvalue weighted by Crippen LogP contribution is -2.45. The van der Waals surface area contributed by atoms with Crippen LogP contribution in [0.25, 0.3) is 10.9 Å². The van der Waals surface area contributed by atoms with Crippen molar-refractivity contribution in [1.29, 1.82) is 0 Å². The number of fused-ring (bicyclic) bond motifs is 1. The summed E-state index contributed by atoms with van der Waals surface area (Å²) in [5.41, 5.74) is 2.14. The zero-order valence-electron chi connectivity index (χ0n) is 14.1. The van der Waals surface area contributed by atoms with Crippen molar-refractivity contribution in [3.8, 4) is 0 Å². The van der Waals surface area contributed by atoms with Gasteiger partial charge in [-0.05, 0) is 50.1 Å². The lowest BCUT2D eigenvalue weighted by molar-refractivity contribution is -0.140. The Hall–Kier alpha value is -2.30. The minimum Gasteiger partial charge on any atom is -0.481 e. The molecule has 5 heteroatoms. The maximum absolute atomic E-state index is 12.9. The molecule has 5 nitrogen and oxygen atoms in total. The van der Waals surface area contributed by atoms with Gasteiger partial charge in [-0.2, -0.15) is 0 Å². The Balaban J connectivity index is 1.76. The van der Waals surface area contributed by atoms with E-state index in [2.05, 4.69) is 16.7 Å². The van der Waals surface area contributed by atoms with E-state index in [0.717, 1.165) is 42.4 Å². The van der Waals surface area contributed by atoms with E-state index >= 15 is 0 Å². The first-order valence-electron chi connectivity index (χ1n) is 8.62. The van der Waals surface area contributed by atoms with Crippen molar-refractivity contribution in [2.45, 2.75) is 51.6 Å². The number of aromatic nitrogens is 1. The molecule has 1 unspecified atom stereocenters. The molecular formula is C19H24N2O3. The Morgan fingerprint density at radius 3 is 2.83 bits per heavy atom. The van der Waals surface area contributed by atoms with Crippen LogP contribution >= 0.6 is 0 Å². The number of piperidine rings is 1. The Kier molecular flexibility index (Phi) is 4.88. The molecule has 1 N–H and O–H groups in total. The molecule has 3 rings (SSSR count). The number of carboxylic acids is 1. The van der Waals surface area contributed by atoms with Crippen LogP contribution in [0.2, 0.25) is 0 Å². The van der Waals surface area contributed by atoms with E-state index in [4.69, 9.17) is 5.11 Å². The highest BCUT2D eigenvalue weighted by Crippen LogP contribution is 2.23. The topological polar surface area (TPSA) is 62.5 Å². The second kappa shape index (κ2) is 7.07. The van der Waals surface area contributed by atoms with Crippen molar-refractivity contribution in [1.82, 2.24) is 9.47 Å². The average Bonchev–Trinajstić information content (AvgIpc) is 2.89. The number of aliphatic carboxylic acids is 1. The zero-order chi connectivity index (χ0) is 17.1. The molecule has 2 aromatic rings. The van der Waals surface area contributed by atoms with Gasteiger partial charge in [0, 0.05) is 30.2 Å². The summed E-state index contributed by atoms with van der Waals surface area (Å²) in [7, 11) is 0. The van der Waals surface area contributed by atoms with Gasteiger partial charge in [-0.3, -0.25) is 9.59 Å². The van der Waals surface area contributed by atoms with Gasteiger partial charge >= 0.3 is 5.97 Å². The van der Waals surface area contributed by atoms with E-state index in [9.17, 15) is 9.59 Å². The lowest BCUT2D eigenvalue weighted by atomic mass is 9.98. The van der Waals surface area contributed by atoms with Gasteiger partial charge in [-0.25, -0.2) is 0 Å². The third-order valence-corrected chi connectivity index (χ3v) is 4.95. The summed E-state index contributed by atoms with van der Waals surface area (Å²) in [5.74, 6) is -0.699. The summed E-state index contributed by atoms with van der Waals surface area (Å²) in [5, 5.41) is 10.1. The van der Waals surface area contributed by atoms with E-state index in [0.29, 0.717) is 13.0 Å². The number of aryl methyl sites for hydroxylation is 1. The third-order valence-electron chi connectivity index (χ3n) is 4.95. The molecule has 1 saturated heterocycles. The Labute approximate surface area is 141 Å². The Morgan fingerprint density at radius 1 is 1.25 bits per heavy atom. The van der Waals surface area contributed by atoms with Crippen molar-refractivity contribution in [2.75, 3.05) is 6.54 Å². The Morgan fingerprint density at radius 2 is 2.04 bits per heavy atom. The SMILES string of the molecule is Cc1cc2ccccc2n1CC(=O)N1CCCCC1CCC(=O)O. The molecule has 1 atom stereocenters. The van der Waals surface area contributed by atoms with Crippen LogP contribution in [0.15, 0.2) is 30.3 Å². The number of likely N-dealkylation sites (tertiary alicyclic amines) is 1. The number of hydrogen-bond acceptors (Lipinski definition) is 2. The van der Waals surface area contributed by atoms with Gasteiger partial charge in [0.2, 0.25) is 5.91 Å². The summed E-state index contributed by atoms with van der Waals surface area (Å²) in [6.45, 7) is 3.08. The van der Waals surface area contributed by atoms with Crippen molar-refractivity contribution < 1.29 is 14.7 Å². The predicted octanol–water partition coefficient (Wildman–Crippen LogP) is 3.20. The molecule has 0 spiro atoms. The minimum absolute atomic E-state index is 0.0597. The fraction of sp³-hybridized carbons (Fsp3) is 0.474. The summed E-state index contributed by atoms with van der Waals surface area (Å²) >= 11 is 0. The maximum atomic E-state index is 12.9. The molecular weight excluding hydrogens is 304 g/mol. The molecule has 1 aliphatic heterocycles. The molecule has 1 aromatic heterocycles. The summed E-state index contributed by atoms with van der Waals surface area (Å²) in [4.78, 5) is 25.6. The van der Waals surface area contributed by atoms with E-state index in [1.54, 1.807) is 0 Å². The quantitative estimate of drug-likeness (QED) is 0.917. The van der Waals surface area contributed by atoms with Crippen LogP contribution in [-0.2, 0) is 16.1 Å². The van der Waals surface area contributed by atoms with Gasteiger partial charge in [0.25, 0.3) is 0 Å². The van der Waals surface area contributed by atoms with E-state index in [1.165, 1.54) is 0 Å². The number of carbonyl (C=O) groups is 2. The standard InChI is InChI=1S/C19H24N2O3/c1-14-12-15-6-2-3-8-17(15)21(14)13-18(22)20-11-5-4-7-16(20)9-10-19(23)24/h2-3,6,8,12,16H,4-5,7,9-11,13H2,1H3,(H,23,24). The molecule has 2 heterocycles.